The van der Waals surface area contributed by atoms with Crippen LogP contribution in [0.5, 0.6) is 11.5 Å². The second kappa shape index (κ2) is 9.60. The second-order valence-electron chi connectivity index (χ2n) is 6.95. The van der Waals surface area contributed by atoms with Gasteiger partial charge in [-0.3, -0.25) is 4.79 Å². The average molecular weight is 375 g/mol. The van der Waals surface area contributed by atoms with E-state index in [1.807, 2.05) is 66.7 Å². The van der Waals surface area contributed by atoms with Gasteiger partial charge in [0.2, 0.25) is 0 Å². The lowest BCUT2D eigenvalue weighted by molar-refractivity contribution is 0.102. The summed E-state index contributed by atoms with van der Waals surface area (Å²) in [6.07, 6.45) is 0. The molecule has 0 saturated carbocycles. The molecule has 144 valence electrons. The Morgan fingerprint density at radius 1 is 0.857 bits per heavy atom. The van der Waals surface area contributed by atoms with E-state index in [0.29, 0.717) is 36.1 Å². The van der Waals surface area contributed by atoms with Crippen LogP contribution in [-0.2, 0) is 6.61 Å². The van der Waals surface area contributed by atoms with Crippen molar-refractivity contribution in [2.75, 3.05) is 11.9 Å². The SMILES string of the molecule is CC(C)COc1ccc(C(=O)Nc2ccccc2OCc2ccccc2)cc1. The quantitative estimate of drug-likeness (QED) is 0.561. The number of carbonyl (C=O) groups is 1. The van der Waals surface area contributed by atoms with Gasteiger partial charge in [-0.25, -0.2) is 0 Å². The number of nitrogens with one attached hydrogen (secondary N) is 1. The minimum absolute atomic E-state index is 0.189. The van der Waals surface area contributed by atoms with Gasteiger partial charge in [0.1, 0.15) is 18.1 Å². The topological polar surface area (TPSA) is 47.6 Å². The third kappa shape index (κ3) is 5.61. The predicted molar refractivity (Wildman–Crippen MR) is 112 cm³/mol. The van der Waals surface area contributed by atoms with E-state index in [-0.39, 0.29) is 5.91 Å². The molecule has 0 radical (unpaired) electrons. The number of para-hydroxylation sites is 2. The number of hydrogen-bond donors (Lipinski definition) is 1. The Morgan fingerprint density at radius 3 is 2.25 bits per heavy atom. The van der Waals surface area contributed by atoms with E-state index in [4.69, 9.17) is 9.47 Å². The third-order valence-electron chi connectivity index (χ3n) is 4.07. The Hall–Kier alpha value is -3.27. The van der Waals surface area contributed by atoms with Gasteiger partial charge in [-0.2, -0.15) is 0 Å². The van der Waals surface area contributed by atoms with Crippen LogP contribution in [0.3, 0.4) is 0 Å². The minimum Gasteiger partial charge on any atom is -0.493 e. The maximum absolute atomic E-state index is 12.6. The highest BCUT2D eigenvalue weighted by Crippen LogP contribution is 2.25. The molecule has 28 heavy (non-hydrogen) atoms. The summed E-state index contributed by atoms with van der Waals surface area (Å²) in [5.74, 6) is 1.66. The van der Waals surface area contributed by atoms with Crippen molar-refractivity contribution in [3.63, 3.8) is 0 Å². The van der Waals surface area contributed by atoms with Gasteiger partial charge >= 0.3 is 0 Å². The van der Waals surface area contributed by atoms with Gasteiger partial charge in [0.05, 0.1) is 12.3 Å². The van der Waals surface area contributed by atoms with Crippen LogP contribution in [0.1, 0.15) is 29.8 Å². The van der Waals surface area contributed by atoms with E-state index in [9.17, 15) is 4.79 Å². The van der Waals surface area contributed by atoms with Crippen LogP contribution >= 0.6 is 0 Å². The van der Waals surface area contributed by atoms with Crippen molar-refractivity contribution >= 4 is 11.6 Å². The fourth-order valence-electron chi connectivity index (χ4n) is 2.59. The molecule has 4 heteroatoms. The van der Waals surface area contributed by atoms with Crippen molar-refractivity contribution in [3.8, 4) is 11.5 Å². The van der Waals surface area contributed by atoms with Gasteiger partial charge in [0.25, 0.3) is 5.91 Å². The molecular weight excluding hydrogens is 350 g/mol. The molecule has 0 aromatic heterocycles. The van der Waals surface area contributed by atoms with E-state index < -0.39 is 0 Å². The first-order chi connectivity index (χ1) is 13.6. The van der Waals surface area contributed by atoms with Crippen molar-refractivity contribution in [1.29, 1.82) is 0 Å². The fourth-order valence-corrected chi connectivity index (χ4v) is 2.59. The van der Waals surface area contributed by atoms with Crippen molar-refractivity contribution in [1.82, 2.24) is 0 Å². The van der Waals surface area contributed by atoms with Crippen LogP contribution in [-0.4, -0.2) is 12.5 Å². The number of anilines is 1. The fraction of sp³-hybridized carbons (Fsp3) is 0.208. The Balaban J connectivity index is 1.64. The molecule has 0 spiro atoms. The largest absolute Gasteiger partial charge is 0.493 e. The summed E-state index contributed by atoms with van der Waals surface area (Å²) < 4.78 is 11.6. The molecule has 1 N–H and O–H groups in total. The van der Waals surface area contributed by atoms with E-state index in [0.717, 1.165) is 11.3 Å². The Morgan fingerprint density at radius 2 is 1.54 bits per heavy atom. The van der Waals surface area contributed by atoms with Crippen LogP contribution in [0.15, 0.2) is 78.9 Å². The molecule has 0 heterocycles. The van der Waals surface area contributed by atoms with Gasteiger partial charge in [-0.15, -0.1) is 0 Å². The van der Waals surface area contributed by atoms with E-state index in [1.54, 1.807) is 12.1 Å². The molecule has 0 aliphatic rings. The molecular formula is C24H25NO3. The highest BCUT2D eigenvalue weighted by Gasteiger charge is 2.10. The highest BCUT2D eigenvalue weighted by molar-refractivity contribution is 6.05. The van der Waals surface area contributed by atoms with Crippen LogP contribution < -0.4 is 14.8 Å². The smallest absolute Gasteiger partial charge is 0.255 e. The van der Waals surface area contributed by atoms with E-state index >= 15 is 0 Å². The first kappa shape index (κ1) is 19.5. The molecule has 4 nitrogen and oxygen atoms in total. The molecule has 0 aliphatic heterocycles. The number of carbonyl (C=O) groups excluding carboxylic acids is 1. The Labute approximate surface area is 166 Å². The minimum atomic E-state index is -0.189. The van der Waals surface area contributed by atoms with Crippen molar-refractivity contribution in [2.24, 2.45) is 5.92 Å². The number of amides is 1. The van der Waals surface area contributed by atoms with Crippen LogP contribution in [0, 0.1) is 5.92 Å². The summed E-state index contributed by atoms with van der Waals surface area (Å²) in [7, 11) is 0. The lowest BCUT2D eigenvalue weighted by atomic mass is 10.2. The molecule has 0 saturated heterocycles. The number of ether oxygens (including phenoxy) is 2. The maximum Gasteiger partial charge on any atom is 0.255 e. The lowest BCUT2D eigenvalue weighted by Gasteiger charge is -2.13. The maximum atomic E-state index is 12.6. The second-order valence-corrected chi connectivity index (χ2v) is 6.95. The predicted octanol–water partition coefficient (Wildman–Crippen LogP) is 5.55. The monoisotopic (exact) mass is 375 g/mol. The molecule has 1 amide bonds. The zero-order chi connectivity index (χ0) is 19.8. The summed E-state index contributed by atoms with van der Waals surface area (Å²) in [5.41, 5.74) is 2.28. The molecule has 0 bridgehead atoms. The Kier molecular flexibility index (Phi) is 6.68. The zero-order valence-electron chi connectivity index (χ0n) is 16.2. The summed E-state index contributed by atoms with van der Waals surface area (Å²) in [6.45, 7) is 5.28. The number of rotatable bonds is 8. The molecule has 0 atom stereocenters. The molecule has 3 rings (SSSR count). The highest BCUT2D eigenvalue weighted by atomic mass is 16.5. The molecule has 3 aromatic carbocycles. The van der Waals surface area contributed by atoms with Gasteiger partial charge in [0.15, 0.2) is 0 Å². The van der Waals surface area contributed by atoms with Crippen molar-refractivity contribution in [3.05, 3.63) is 90.0 Å². The van der Waals surface area contributed by atoms with E-state index in [2.05, 4.69) is 19.2 Å². The summed E-state index contributed by atoms with van der Waals surface area (Å²) in [6, 6.07) is 24.5. The van der Waals surface area contributed by atoms with Crippen molar-refractivity contribution in [2.45, 2.75) is 20.5 Å². The number of hydrogen-bond acceptors (Lipinski definition) is 3. The summed E-state index contributed by atoms with van der Waals surface area (Å²) in [5, 5.41) is 2.93. The average Bonchev–Trinajstić information content (AvgIpc) is 2.72. The first-order valence-corrected chi connectivity index (χ1v) is 9.42. The van der Waals surface area contributed by atoms with Gasteiger partial charge in [-0.05, 0) is 47.9 Å². The molecule has 0 fully saturated rings. The zero-order valence-corrected chi connectivity index (χ0v) is 16.2. The van der Waals surface area contributed by atoms with Crippen molar-refractivity contribution < 1.29 is 14.3 Å². The van der Waals surface area contributed by atoms with Crippen LogP contribution in [0.4, 0.5) is 5.69 Å². The molecule has 0 unspecified atom stereocenters. The van der Waals surface area contributed by atoms with Crippen LogP contribution in [0.25, 0.3) is 0 Å². The summed E-state index contributed by atoms with van der Waals surface area (Å²) >= 11 is 0. The van der Waals surface area contributed by atoms with E-state index in [1.165, 1.54) is 0 Å². The lowest BCUT2D eigenvalue weighted by Crippen LogP contribution is -2.13. The van der Waals surface area contributed by atoms with Crippen LogP contribution in [0.2, 0.25) is 0 Å². The van der Waals surface area contributed by atoms with Gasteiger partial charge in [-0.1, -0.05) is 56.3 Å². The number of benzene rings is 3. The van der Waals surface area contributed by atoms with Gasteiger partial charge < -0.3 is 14.8 Å². The molecule has 0 aliphatic carbocycles. The molecule has 3 aromatic rings. The Bertz CT molecular complexity index is 889. The normalized spacial score (nSPS) is 10.5. The first-order valence-electron chi connectivity index (χ1n) is 9.42. The van der Waals surface area contributed by atoms with Gasteiger partial charge in [0, 0.05) is 5.56 Å². The third-order valence-corrected chi connectivity index (χ3v) is 4.07. The standard InChI is InChI=1S/C24H25NO3/c1-18(2)16-27-21-14-12-20(13-15-21)24(26)25-22-10-6-7-11-23(22)28-17-19-8-4-3-5-9-19/h3-15,18H,16-17H2,1-2H3,(H,25,26). The summed E-state index contributed by atoms with van der Waals surface area (Å²) in [4.78, 5) is 12.6.